The third-order valence-electron chi connectivity index (χ3n) is 12.9. The van der Waals surface area contributed by atoms with Crippen LogP contribution < -0.4 is 15.9 Å². The summed E-state index contributed by atoms with van der Waals surface area (Å²) in [6, 6.07) is 66.8. The van der Waals surface area contributed by atoms with Gasteiger partial charge in [-0.3, -0.25) is 4.99 Å². The molecule has 0 N–H and O–H groups in total. The van der Waals surface area contributed by atoms with Gasteiger partial charge in [0, 0.05) is 5.57 Å². The molecule has 8 aromatic rings. The van der Waals surface area contributed by atoms with Crippen LogP contribution >= 0.6 is 7.92 Å². The van der Waals surface area contributed by atoms with E-state index in [0.717, 1.165) is 41.8 Å². The molecule has 2 aliphatic rings. The second kappa shape index (κ2) is 19.4. The smallest absolute Gasteiger partial charge is 0.160 e. The quantitative estimate of drug-likeness (QED) is 0.0746. The van der Waals surface area contributed by atoms with Gasteiger partial charge in [0.15, 0.2) is 11.7 Å². The lowest BCUT2D eigenvalue weighted by molar-refractivity contribution is 0.734. The third kappa shape index (κ3) is 9.01. The van der Waals surface area contributed by atoms with Crippen LogP contribution in [0.15, 0.2) is 244 Å². The van der Waals surface area contributed by atoms with Crippen molar-refractivity contribution < 1.29 is 0 Å². The number of nitrogens with zero attached hydrogens (tertiary/aromatic N) is 3. The van der Waals surface area contributed by atoms with Crippen molar-refractivity contribution in [3.63, 3.8) is 0 Å². The number of hydrogen-bond donors (Lipinski definition) is 0. The van der Waals surface area contributed by atoms with Crippen molar-refractivity contribution >= 4 is 63.8 Å². The number of allylic oxidation sites excluding steroid dienone is 5. The van der Waals surface area contributed by atoms with Gasteiger partial charge in [-0.15, -0.1) is 0 Å². The van der Waals surface area contributed by atoms with E-state index in [9.17, 15) is 0 Å². The van der Waals surface area contributed by atoms with E-state index in [-0.39, 0.29) is 0 Å². The lowest BCUT2D eigenvalue weighted by Crippen LogP contribution is -2.20. The predicted molar refractivity (Wildman–Crippen MR) is 287 cm³/mol. The molecule has 0 bridgehead atoms. The molecule has 0 aromatic heterocycles. The van der Waals surface area contributed by atoms with Gasteiger partial charge < -0.3 is 0 Å². The molecule has 3 nitrogen and oxygen atoms in total. The fourth-order valence-corrected chi connectivity index (χ4v) is 11.5. The highest BCUT2D eigenvalue weighted by Crippen LogP contribution is 2.39. The Morgan fingerprint density at radius 2 is 1.05 bits per heavy atom. The Hall–Kier alpha value is -7.32. The molecule has 0 saturated carbocycles. The first-order valence-corrected chi connectivity index (χ1v) is 24.3. The van der Waals surface area contributed by atoms with Crippen LogP contribution in [-0.2, 0) is 6.54 Å². The van der Waals surface area contributed by atoms with Crippen LogP contribution in [0.2, 0.25) is 0 Å². The van der Waals surface area contributed by atoms with Crippen LogP contribution in [0.5, 0.6) is 0 Å². The minimum Gasteiger partial charge on any atom is -0.262 e. The highest BCUT2D eigenvalue weighted by Gasteiger charge is 2.18. The molecular formula is C62H52N3P. The SMILES string of the molecule is C=NC(=NC(=NCc1ccc(-c2ccc(-c3ccc(-c4ccc(P(c5ccccc5)c5ccccc5)cc4)c4ccccc34)cc2)c2ccccc12)C1=CC=C(C)CC1)C1=CCC(C)C=C1. The van der Waals surface area contributed by atoms with E-state index in [1.807, 2.05) is 0 Å². The second-order valence-electron chi connectivity index (χ2n) is 17.3. The number of hydrogen-bond acceptors (Lipinski definition) is 1. The molecule has 0 saturated heterocycles. The number of rotatable bonds is 10. The predicted octanol–water partition coefficient (Wildman–Crippen LogP) is 14.9. The Balaban J connectivity index is 0.939. The minimum atomic E-state index is -0.664. The summed E-state index contributed by atoms with van der Waals surface area (Å²) in [6.07, 6.45) is 13.8. The van der Waals surface area contributed by atoms with E-state index < -0.39 is 7.92 Å². The Morgan fingerprint density at radius 1 is 0.545 bits per heavy atom. The maximum atomic E-state index is 5.21. The summed E-state index contributed by atoms with van der Waals surface area (Å²) in [5.74, 6) is 1.86. The maximum absolute atomic E-state index is 5.21. The molecule has 1 atom stereocenters. The molecule has 0 radical (unpaired) electrons. The normalized spacial score (nSPS) is 15.4. The van der Waals surface area contributed by atoms with E-state index in [2.05, 4.69) is 238 Å². The molecule has 4 heteroatoms. The van der Waals surface area contributed by atoms with Crippen LogP contribution in [0.4, 0.5) is 0 Å². The van der Waals surface area contributed by atoms with Crippen LogP contribution in [-0.4, -0.2) is 18.4 Å². The zero-order valence-electron chi connectivity index (χ0n) is 37.6. The van der Waals surface area contributed by atoms with Gasteiger partial charge in [-0.05, 0) is 129 Å². The van der Waals surface area contributed by atoms with Gasteiger partial charge in [-0.1, -0.05) is 225 Å². The lowest BCUT2D eigenvalue weighted by atomic mass is 9.90. The molecule has 0 aliphatic heterocycles. The molecule has 0 heterocycles. The zero-order valence-corrected chi connectivity index (χ0v) is 38.5. The van der Waals surface area contributed by atoms with Gasteiger partial charge in [0.2, 0.25) is 0 Å². The molecule has 8 aromatic carbocycles. The molecule has 66 heavy (non-hydrogen) atoms. The van der Waals surface area contributed by atoms with E-state index in [4.69, 9.17) is 9.98 Å². The van der Waals surface area contributed by atoms with Crippen LogP contribution in [0.1, 0.15) is 38.7 Å². The monoisotopic (exact) mass is 869 g/mol. The van der Waals surface area contributed by atoms with E-state index in [0.29, 0.717) is 18.3 Å². The lowest BCUT2D eigenvalue weighted by Gasteiger charge is -2.20. The average molecular weight is 870 g/mol. The fraction of sp³-hybridized carbons (Fsp3) is 0.113. The molecule has 0 fully saturated rings. The van der Waals surface area contributed by atoms with Crippen molar-refractivity contribution in [1.29, 1.82) is 0 Å². The number of fused-ring (bicyclic) bond motifs is 2. The van der Waals surface area contributed by atoms with Crippen molar-refractivity contribution in [1.82, 2.24) is 0 Å². The van der Waals surface area contributed by atoms with Crippen LogP contribution in [0.3, 0.4) is 0 Å². The Morgan fingerprint density at radius 3 is 1.56 bits per heavy atom. The number of benzene rings is 8. The molecule has 2 aliphatic carbocycles. The van der Waals surface area contributed by atoms with E-state index >= 15 is 0 Å². The molecule has 0 spiro atoms. The van der Waals surface area contributed by atoms with Gasteiger partial charge >= 0.3 is 0 Å². The maximum Gasteiger partial charge on any atom is 0.160 e. The molecular weight excluding hydrogens is 818 g/mol. The Kier molecular flexibility index (Phi) is 12.5. The van der Waals surface area contributed by atoms with Gasteiger partial charge in [0.1, 0.15) is 0 Å². The van der Waals surface area contributed by atoms with Gasteiger partial charge in [-0.2, -0.15) is 0 Å². The first-order chi connectivity index (χ1) is 32.5. The highest BCUT2D eigenvalue weighted by molar-refractivity contribution is 7.79. The van der Waals surface area contributed by atoms with Crippen molar-refractivity contribution in [2.75, 3.05) is 0 Å². The average Bonchev–Trinajstić information content (AvgIpc) is 3.38. The van der Waals surface area contributed by atoms with E-state index in [1.165, 1.54) is 76.4 Å². The summed E-state index contributed by atoms with van der Waals surface area (Å²) in [4.78, 5) is 14.7. The van der Waals surface area contributed by atoms with Crippen molar-refractivity contribution in [2.45, 2.75) is 39.7 Å². The van der Waals surface area contributed by atoms with Crippen molar-refractivity contribution in [2.24, 2.45) is 20.9 Å². The summed E-state index contributed by atoms with van der Waals surface area (Å²) in [7, 11) is -0.664. The van der Waals surface area contributed by atoms with Gasteiger partial charge in [0.25, 0.3) is 0 Å². The molecule has 320 valence electrons. The van der Waals surface area contributed by atoms with Crippen LogP contribution in [0, 0.1) is 5.92 Å². The van der Waals surface area contributed by atoms with Crippen LogP contribution in [0.25, 0.3) is 54.9 Å². The van der Waals surface area contributed by atoms with Gasteiger partial charge in [0.05, 0.1) is 6.54 Å². The molecule has 0 amide bonds. The number of aliphatic imine (C=N–C) groups is 3. The van der Waals surface area contributed by atoms with Crippen molar-refractivity contribution in [3.05, 3.63) is 235 Å². The number of amidine groups is 2. The molecule has 10 rings (SSSR count). The summed E-state index contributed by atoms with van der Waals surface area (Å²) < 4.78 is 0. The fourth-order valence-electron chi connectivity index (χ4n) is 9.26. The summed E-state index contributed by atoms with van der Waals surface area (Å²) in [5.41, 5.74) is 11.9. The molecule has 1 unspecified atom stereocenters. The summed E-state index contributed by atoms with van der Waals surface area (Å²) >= 11 is 0. The second-order valence-corrected chi connectivity index (χ2v) is 19.5. The first-order valence-electron chi connectivity index (χ1n) is 23.0. The Bertz CT molecular complexity index is 3220. The topological polar surface area (TPSA) is 37.1 Å². The summed E-state index contributed by atoms with van der Waals surface area (Å²) in [5, 5.41) is 8.96. The standard InChI is InChI=1S/C62H52N3P/c1-43-22-26-48(27-23-43)61(63-3)65-62(49-28-24-44(2)25-29-49)64-42-50-36-39-55(58-19-11-10-18-54(50)58)45-30-32-46(33-31-45)56-40-41-57(60-21-13-12-20-59(56)60)47-34-37-53(38-35-47)66(51-14-6-4-7-15-51)52-16-8-5-9-17-52/h4-22,24,26-28,30-41,43H,3,23,25,29,42H2,1-2H3. The first kappa shape index (κ1) is 42.6. The summed E-state index contributed by atoms with van der Waals surface area (Å²) in [6.45, 7) is 8.80. The third-order valence-corrected chi connectivity index (χ3v) is 15.3. The minimum absolute atomic E-state index is 0.505. The zero-order chi connectivity index (χ0) is 44.8. The largest absolute Gasteiger partial charge is 0.262 e. The van der Waals surface area contributed by atoms with Crippen molar-refractivity contribution in [3.8, 4) is 33.4 Å². The van der Waals surface area contributed by atoms with E-state index in [1.54, 1.807) is 0 Å². The highest BCUT2D eigenvalue weighted by atomic mass is 31.1. The van der Waals surface area contributed by atoms with Gasteiger partial charge in [-0.25, -0.2) is 9.98 Å². The Labute approximate surface area is 390 Å².